The minimum absolute atomic E-state index is 0.285. The first-order chi connectivity index (χ1) is 5.74. The number of hydrogen-bond acceptors (Lipinski definition) is 3. The van der Waals surface area contributed by atoms with E-state index in [0.717, 1.165) is 11.2 Å². The normalized spacial score (nSPS) is 10.2. The van der Waals surface area contributed by atoms with Gasteiger partial charge in [-0.05, 0) is 18.5 Å². The number of halogens is 1. The van der Waals surface area contributed by atoms with Gasteiger partial charge in [0.05, 0.1) is 6.61 Å². The Hall–Kier alpha value is -0.605. The van der Waals surface area contributed by atoms with E-state index in [1.54, 1.807) is 6.20 Å². The van der Waals surface area contributed by atoms with Crippen molar-refractivity contribution in [3.05, 3.63) is 17.0 Å². The Morgan fingerprint density at radius 2 is 2.42 bits per heavy atom. The molecule has 1 aromatic rings. The summed E-state index contributed by atoms with van der Waals surface area (Å²) in [6, 6.07) is 0. The van der Waals surface area contributed by atoms with Gasteiger partial charge in [0.2, 0.25) is 5.28 Å². The van der Waals surface area contributed by atoms with E-state index in [1.807, 2.05) is 14.8 Å². The van der Waals surface area contributed by atoms with E-state index in [4.69, 9.17) is 16.3 Å². The van der Waals surface area contributed by atoms with Crippen LogP contribution < -0.4 is 5.59 Å². The third-order valence-corrected chi connectivity index (χ3v) is 1.70. The minimum atomic E-state index is 0.285. The lowest BCUT2D eigenvalue weighted by Crippen LogP contribution is -2.16. The number of hydrogen-bond donors (Lipinski definition) is 0. The van der Waals surface area contributed by atoms with Crippen molar-refractivity contribution >= 4 is 25.0 Å². The van der Waals surface area contributed by atoms with Crippen LogP contribution in [-0.4, -0.2) is 24.4 Å². The number of aromatic nitrogens is 2. The van der Waals surface area contributed by atoms with E-state index in [0.29, 0.717) is 13.2 Å². The summed E-state index contributed by atoms with van der Waals surface area (Å²) in [6.45, 7) is 3.20. The molecule has 0 aliphatic heterocycles. The summed E-state index contributed by atoms with van der Waals surface area (Å²) in [4.78, 5) is 7.87. The van der Waals surface area contributed by atoms with E-state index >= 15 is 0 Å². The molecule has 0 bridgehead atoms. The summed E-state index contributed by atoms with van der Waals surface area (Å²) in [5.74, 6) is 0. The highest BCUT2D eigenvalue weighted by atomic mass is 35.5. The van der Waals surface area contributed by atoms with Crippen LogP contribution in [0.4, 0.5) is 0 Å². The highest BCUT2D eigenvalue weighted by molar-refractivity contribution is 6.33. The molecule has 12 heavy (non-hydrogen) atoms. The molecule has 0 radical (unpaired) electrons. The van der Waals surface area contributed by atoms with Crippen molar-refractivity contribution in [2.75, 3.05) is 6.61 Å². The molecule has 0 N–H and O–H groups in total. The molecule has 5 heteroatoms. The molecule has 0 unspecified atom stereocenters. The average Bonchev–Trinajstić information content (AvgIpc) is 2.03. The van der Waals surface area contributed by atoms with Crippen molar-refractivity contribution < 1.29 is 4.74 Å². The van der Waals surface area contributed by atoms with Crippen LogP contribution in [0.25, 0.3) is 0 Å². The third-order valence-electron chi connectivity index (χ3n) is 1.51. The third kappa shape index (κ3) is 2.46. The number of ether oxygens (including phenoxy) is 1. The second kappa shape index (κ2) is 4.43. The fourth-order valence-electron chi connectivity index (χ4n) is 0.817. The molecule has 0 saturated heterocycles. The van der Waals surface area contributed by atoms with Gasteiger partial charge in [-0.2, -0.15) is 0 Å². The molecule has 0 fully saturated rings. The lowest BCUT2D eigenvalue weighted by Gasteiger charge is -2.03. The summed E-state index contributed by atoms with van der Waals surface area (Å²) < 4.78 is 5.22. The molecule has 0 amide bonds. The average molecular weight is 184 g/mol. The largest absolute Gasteiger partial charge is 0.377 e. The Balaban J connectivity index is 2.72. The molecule has 0 atom stereocenters. The molecule has 0 aliphatic rings. The van der Waals surface area contributed by atoms with E-state index in [9.17, 15) is 0 Å². The Labute approximate surface area is 77.5 Å². The Kier molecular flexibility index (Phi) is 3.50. The molecule has 3 nitrogen and oxygen atoms in total. The summed E-state index contributed by atoms with van der Waals surface area (Å²) in [7, 11) is 1.89. The molecular formula is C7H10BClN2O. The maximum absolute atomic E-state index is 5.59. The van der Waals surface area contributed by atoms with Crippen LogP contribution >= 0.6 is 11.6 Å². The Morgan fingerprint density at radius 1 is 1.67 bits per heavy atom. The maximum atomic E-state index is 5.59. The standard InChI is InChI=1S/C7H10BClN2O/c1-2-12-4-5-3-10-7(9)11-6(5)8/h3H,2,4,8H2,1H3. The lowest BCUT2D eigenvalue weighted by molar-refractivity contribution is 0.134. The van der Waals surface area contributed by atoms with Crippen molar-refractivity contribution in [1.29, 1.82) is 0 Å². The van der Waals surface area contributed by atoms with Gasteiger partial charge in [-0.1, -0.05) is 0 Å². The van der Waals surface area contributed by atoms with Crippen LogP contribution in [0.3, 0.4) is 0 Å². The molecule has 1 aromatic heterocycles. The van der Waals surface area contributed by atoms with Crippen LogP contribution in [0.2, 0.25) is 5.28 Å². The molecule has 1 heterocycles. The molecular weight excluding hydrogens is 174 g/mol. The van der Waals surface area contributed by atoms with E-state index in [2.05, 4.69) is 9.97 Å². The monoisotopic (exact) mass is 184 g/mol. The highest BCUT2D eigenvalue weighted by Crippen LogP contribution is 1.99. The van der Waals surface area contributed by atoms with Gasteiger partial charge in [0.15, 0.2) is 7.85 Å². The Bertz CT molecular complexity index is 270. The van der Waals surface area contributed by atoms with Crippen molar-refractivity contribution in [1.82, 2.24) is 9.97 Å². The van der Waals surface area contributed by atoms with Gasteiger partial charge < -0.3 is 4.74 Å². The summed E-state index contributed by atoms with van der Waals surface area (Å²) in [5, 5.41) is 0.285. The maximum Gasteiger partial charge on any atom is 0.221 e. The van der Waals surface area contributed by atoms with Crippen LogP contribution in [0.15, 0.2) is 6.20 Å². The Morgan fingerprint density at radius 3 is 3.00 bits per heavy atom. The molecule has 1 rings (SSSR count). The van der Waals surface area contributed by atoms with Gasteiger partial charge in [0.25, 0.3) is 0 Å². The van der Waals surface area contributed by atoms with E-state index in [-0.39, 0.29) is 5.28 Å². The number of nitrogens with zero attached hydrogens (tertiary/aromatic N) is 2. The van der Waals surface area contributed by atoms with E-state index < -0.39 is 0 Å². The first-order valence-corrected chi connectivity index (χ1v) is 4.17. The zero-order valence-corrected chi connectivity index (χ0v) is 7.93. The van der Waals surface area contributed by atoms with Crippen LogP contribution in [-0.2, 0) is 11.3 Å². The lowest BCUT2D eigenvalue weighted by atomic mass is 9.99. The predicted octanol–water partition coefficient (Wildman–Crippen LogP) is -0.0751. The van der Waals surface area contributed by atoms with Crippen LogP contribution in [0.1, 0.15) is 12.5 Å². The second-order valence-corrected chi connectivity index (χ2v) is 2.72. The second-order valence-electron chi connectivity index (χ2n) is 2.39. The molecule has 0 spiro atoms. The molecule has 0 aromatic carbocycles. The van der Waals surface area contributed by atoms with Crippen molar-refractivity contribution in [3.8, 4) is 0 Å². The molecule has 64 valence electrons. The van der Waals surface area contributed by atoms with Gasteiger partial charge >= 0.3 is 0 Å². The van der Waals surface area contributed by atoms with Gasteiger partial charge in [-0.3, -0.25) is 0 Å². The van der Waals surface area contributed by atoms with Crippen molar-refractivity contribution in [2.45, 2.75) is 13.5 Å². The predicted molar refractivity (Wildman–Crippen MR) is 50.6 cm³/mol. The smallest absolute Gasteiger partial charge is 0.221 e. The van der Waals surface area contributed by atoms with Gasteiger partial charge in [-0.15, -0.1) is 0 Å². The first-order valence-electron chi connectivity index (χ1n) is 3.79. The molecule has 0 saturated carbocycles. The topological polar surface area (TPSA) is 35.0 Å². The van der Waals surface area contributed by atoms with Crippen LogP contribution in [0.5, 0.6) is 0 Å². The van der Waals surface area contributed by atoms with Gasteiger partial charge in [0, 0.05) is 24.0 Å². The fourth-order valence-corrected chi connectivity index (χ4v) is 0.993. The highest BCUT2D eigenvalue weighted by Gasteiger charge is 2.00. The van der Waals surface area contributed by atoms with Crippen molar-refractivity contribution in [3.63, 3.8) is 0 Å². The van der Waals surface area contributed by atoms with Crippen molar-refractivity contribution in [2.24, 2.45) is 0 Å². The first kappa shape index (κ1) is 9.48. The van der Waals surface area contributed by atoms with Crippen LogP contribution in [0, 0.1) is 0 Å². The summed E-state index contributed by atoms with van der Waals surface area (Å²) >= 11 is 5.59. The quantitative estimate of drug-likeness (QED) is 0.487. The zero-order valence-electron chi connectivity index (χ0n) is 7.17. The zero-order chi connectivity index (χ0) is 8.97. The fraction of sp³-hybridized carbons (Fsp3) is 0.429. The van der Waals surface area contributed by atoms with E-state index in [1.165, 1.54) is 0 Å². The minimum Gasteiger partial charge on any atom is -0.377 e. The SMILES string of the molecule is Bc1nc(Cl)ncc1COCC. The van der Waals surface area contributed by atoms with Gasteiger partial charge in [-0.25, -0.2) is 9.97 Å². The molecule has 0 aliphatic carbocycles. The summed E-state index contributed by atoms with van der Waals surface area (Å²) in [6.07, 6.45) is 1.69. The summed E-state index contributed by atoms with van der Waals surface area (Å²) in [5.41, 5.74) is 1.87. The number of rotatable bonds is 3. The van der Waals surface area contributed by atoms with Gasteiger partial charge in [0.1, 0.15) is 0 Å².